The number of nitrogens with one attached hydrogen (secondary N) is 2. The largest absolute Gasteiger partial charge is 0.378 e. The van der Waals surface area contributed by atoms with Crippen molar-refractivity contribution >= 4 is 44.1 Å². The number of benzene rings is 2. The van der Waals surface area contributed by atoms with E-state index >= 15 is 0 Å². The van der Waals surface area contributed by atoms with E-state index in [0.29, 0.717) is 6.04 Å². The van der Waals surface area contributed by atoms with Gasteiger partial charge in [-0.05, 0) is 62.1 Å². The lowest BCUT2D eigenvalue weighted by molar-refractivity contribution is -0.00521. The van der Waals surface area contributed by atoms with Crippen molar-refractivity contribution in [1.82, 2.24) is 10.3 Å². The predicted octanol–water partition coefficient (Wildman–Crippen LogP) is 4.70. The standard InChI is InChI=1S/C27H33N5O3S/c1-17-15-32(16-18(2)35-17)27-30-25-23(31-9-11-34-12-10-31)13-20(14-24(25)36-27)19-3-5-21(6-4-19)28-26(33)29-22-7-8-22/h3-6,13-14,17-18,22H,7-12,15-16H2,1-2H3,(H2,28,29,33)/t17-,18+. The lowest BCUT2D eigenvalue weighted by Gasteiger charge is -2.35. The number of hydrogen-bond donors (Lipinski definition) is 2. The summed E-state index contributed by atoms with van der Waals surface area (Å²) in [5.74, 6) is 0. The van der Waals surface area contributed by atoms with E-state index in [2.05, 4.69) is 58.5 Å². The number of carbonyl (C=O) groups is 1. The zero-order valence-electron chi connectivity index (χ0n) is 20.8. The number of ether oxygens (including phenoxy) is 2. The Morgan fingerprint density at radius 2 is 1.72 bits per heavy atom. The summed E-state index contributed by atoms with van der Waals surface area (Å²) in [5.41, 5.74) is 5.28. The smallest absolute Gasteiger partial charge is 0.319 e. The van der Waals surface area contributed by atoms with Crippen molar-refractivity contribution in [2.24, 2.45) is 0 Å². The van der Waals surface area contributed by atoms with Crippen LogP contribution in [0.2, 0.25) is 0 Å². The minimum Gasteiger partial charge on any atom is -0.378 e. The normalized spacial score (nSPS) is 22.6. The van der Waals surface area contributed by atoms with Crippen molar-refractivity contribution in [3.8, 4) is 11.1 Å². The Morgan fingerprint density at radius 1 is 1.00 bits per heavy atom. The first-order chi connectivity index (χ1) is 17.5. The van der Waals surface area contributed by atoms with Crippen LogP contribution in [0.4, 0.5) is 21.3 Å². The first kappa shape index (κ1) is 23.5. The van der Waals surface area contributed by atoms with Crippen LogP contribution in [-0.2, 0) is 9.47 Å². The van der Waals surface area contributed by atoms with Gasteiger partial charge in [0, 0.05) is 37.9 Å². The van der Waals surface area contributed by atoms with Gasteiger partial charge in [0.1, 0.15) is 5.52 Å². The Morgan fingerprint density at radius 3 is 2.42 bits per heavy atom. The maximum atomic E-state index is 12.1. The van der Waals surface area contributed by atoms with Crippen LogP contribution < -0.4 is 20.4 Å². The molecule has 9 heteroatoms. The summed E-state index contributed by atoms with van der Waals surface area (Å²) in [4.78, 5) is 22.0. The van der Waals surface area contributed by atoms with Crippen LogP contribution in [0.15, 0.2) is 36.4 Å². The minimum atomic E-state index is -0.134. The Kier molecular flexibility index (Phi) is 6.45. The molecule has 2 amide bonds. The summed E-state index contributed by atoms with van der Waals surface area (Å²) in [5, 5.41) is 6.96. The molecule has 1 aliphatic carbocycles. The number of carbonyl (C=O) groups excluding carboxylic acids is 1. The van der Waals surface area contributed by atoms with E-state index in [4.69, 9.17) is 14.5 Å². The third-order valence-corrected chi connectivity index (χ3v) is 7.96. The number of morpholine rings is 2. The molecule has 1 saturated carbocycles. The van der Waals surface area contributed by atoms with Gasteiger partial charge in [0.15, 0.2) is 5.13 Å². The Labute approximate surface area is 215 Å². The molecule has 0 radical (unpaired) electrons. The van der Waals surface area contributed by atoms with Crippen molar-refractivity contribution in [1.29, 1.82) is 0 Å². The summed E-state index contributed by atoms with van der Waals surface area (Å²) in [6, 6.07) is 12.8. The highest BCUT2D eigenvalue weighted by Crippen LogP contribution is 2.39. The molecule has 0 bridgehead atoms. The van der Waals surface area contributed by atoms with Crippen LogP contribution in [-0.4, -0.2) is 68.7 Å². The Hall–Kier alpha value is -2.88. The molecular weight excluding hydrogens is 474 g/mol. The first-order valence-corrected chi connectivity index (χ1v) is 13.7. The van der Waals surface area contributed by atoms with Crippen molar-refractivity contribution in [2.75, 3.05) is 54.5 Å². The number of fused-ring (bicyclic) bond motifs is 1. The van der Waals surface area contributed by atoms with Gasteiger partial charge in [0.05, 0.1) is 35.8 Å². The topological polar surface area (TPSA) is 79.0 Å². The van der Waals surface area contributed by atoms with Crippen LogP contribution >= 0.6 is 11.3 Å². The van der Waals surface area contributed by atoms with E-state index in [1.165, 1.54) is 4.70 Å². The van der Waals surface area contributed by atoms with Crippen LogP contribution in [0.25, 0.3) is 21.3 Å². The molecule has 3 fully saturated rings. The van der Waals surface area contributed by atoms with E-state index < -0.39 is 0 Å². The molecular formula is C27H33N5O3S. The van der Waals surface area contributed by atoms with E-state index in [1.807, 2.05) is 12.1 Å². The first-order valence-electron chi connectivity index (χ1n) is 12.9. The molecule has 3 aromatic rings. The molecule has 2 aliphatic heterocycles. The number of nitrogens with zero attached hydrogens (tertiary/aromatic N) is 3. The zero-order valence-corrected chi connectivity index (χ0v) is 21.6. The predicted molar refractivity (Wildman–Crippen MR) is 145 cm³/mol. The fourth-order valence-corrected chi connectivity index (χ4v) is 6.05. The molecule has 2 N–H and O–H groups in total. The van der Waals surface area contributed by atoms with Gasteiger partial charge in [-0.2, -0.15) is 0 Å². The van der Waals surface area contributed by atoms with Gasteiger partial charge in [-0.3, -0.25) is 0 Å². The van der Waals surface area contributed by atoms with Gasteiger partial charge in [-0.15, -0.1) is 0 Å². The maximum absolute atomic E-state index is 12.1. The van der Waals surface area contributed by atoms with Gasteiger partial charge in [-0.1, -0.05) is 23.5 Å². The Bertz CT molecular complexity index is 1230. The van der Waals surface area contributed by atoms with Gasteiger partial charge < -0.3 is 29.9 Å². The van der Waals surface area contributed by atoms with Crippen molar-refractivity contribution < 1.29 is 14.3 Å². The second-order valence-electron chi connectivity index (χ2n) is 10.1. The van der Waals surface area contributed by atoms with Crippen molar-refractivity contribution in [2.45, 2.75) is 44.9 Å². The molecule has 3 aliphatic rings. The second-order valence-corrected chi connectivity index (χ2v) is 11.1. The monoisotopic (exact) mass is 507 g/mol. The minimum absolute atomic E-state index is 0.134. The summed E-state index contributed by atoms with van der Waals surface area (Å²) in [6.07, 6.45) is 2.52. The summed E-state index contributed by atoms with van der Waals surface area (Å²) in [6.45, 7) is 9.13. The number of thiazole rings is 1. The summed E-state index contributed by atoms with van der Waals surface area (Å²) < 4.78 is 12.8. The van der Waals surface area contributed by atoms with E-state index in [0.717, 1.165) is 85.4 Å². The average Bonchev–Trinajstić information content (AvgIpc) is 3.57. The van der Waals surface area contributed by atoms with Crippen molar-refractivity contribution in [3.05, 3.63) is 36.4 Å². The SMILES string of the molecule is C[C@@H]1CN(c2nc3c(N4CCOCC4)cc(-c4ccc(NC(=O)NC5CC5)cc4)cc3s2)C[C@H](C)O1. The summed E-state index contributed by atoms with van der Waals surface area (Å²) in [7, 11) is 0. The number of amides is 2. The molecule has 36 heavy (non-hydrogen) atoms. The Balaban J connectivity index is 1.32. The van der Waals surface area contributed by atoms with Gasteiger partial charge in [0.2, 0.25) is 0 Å². The third-order valence-electron chi connectivity index (χ3n) is 6.89. The molecule has 3 heterocycles. The van der Waals surface area contributed by atoms with Gasteiger partial charge in [-0.25, -0.2) is 9.78 Å². The van der Waals surface area contributed by atoms with E-state index in [-0.39, 0.29) is 18.2 Å². The number of aromatic nitrogens is 1. The molecule has 2 aromatic carbocycles. The molecule has 2 saturated heterocycles. The van der Waals surface area contributed by atoms with Crippen LogP contribution in [0.1, 0.15) is 26.7 Å². The quantitative estimate of drug-likeness (QED) is 0.521. The number of rotatable bonds is 5. The second kappa shape index (κ2) is 9.88. The molecule has 0 spiro atoms. The molecule has 1 aromatic heterocycles. The lowest BCUT2D eigenvalue weighted by atomic mass is 10.0. The van der Waals surface area contributed by atoms with Crippen LogP contribution in [0.5, 0.6) is 0 Å². The molecule has 6 rings (SSSR count). The van der Waals surface area contributed by atoms with Crippen LogP contribution in [0, 0.1) is 0 Å². The third kappa shape index (κ3) is 5.14. The highest BCUT2D eigenvalue weighted by molar-refractivity contribution is 7.22. The highest BCUT2D eigenvalue weighted by atomic mass is 32.1. The molecule has 190 valence electrons. The number of hydrogen-bond acceptors (Lipinski definition) is 7. The fourth-order valence-electron chi connectivity index (χ4n) is 5.01. The molecule has 0 unspecified atom stereocenters. The molecule has 8 nitrogen and oxygen atoms in total. The molecule has 2 atom stereocenters. The number of anilines is 3. The fraction of sp³-hybridized carbons (Fsp3) is 0.481. The van der Waals surface area contributed by atoms with Crippen molar-refractivity contribution in [3.63, 3.8) is 0 Å². The maximum Gasteiger partial charge on any atom is 0.319 e. The average molecular weight is 508 g/mol. The van der Waals surface area contributed by atoms with Gasteiger partial charge in [0.25, 0.3) is 0 Å². The van der Waals surface area contributed by atoms with Crippen LogP contribution in [0.3, 0.4) is 0 Å². The van der Waals surface area contributed by atoms with E-state index in [9.17, 15) is 4.79 Å². The number of urea groups is 1. The summed E-state index contributed by atoms with van der Waals surface area (Å²) >= 11 is 1.75. The van der Waals surface area contributed by atoms with Gasteiger partial charge >= 0.3 is 6.03 Å². The van der Waals surface area contributed by atoms with E-state index in [1.54, 1.807) is 11.3 Å². The zero-order chi connectivity index (χ0) is 24.6. The lowest BCUT2D eigenvalue weighted by Crippen LogP contribution is -2.45. The highest BCUT2D eigenvalue weighted by Gasteiger charge is 2.26.